The van der Waals surface area contributed by atoms with Crippen LogP contribution in [0.25, 0.3) is 0 Å². The Morgan fingerprint density at radius 2 is 2.07 bits per heavy atom. The normalized spacial score (nSPS) is 28.9. The van der Waals surface area contributed by atoms with Gasteiger partial charge in [0.15, 0.2) is 0 Å². The van der Waals surface area contributed by atoms with Crippen molar-refractivity contribution in [2.45, 2.75) is 12.3 Å². The number of para-hydroxylation sites is 1. The van der Waals surface area contributed by atoms with Crippen molar-refractivity contribution in [2.75, 3.05) is 18.4 Å². The van der Waals surface area contributed by atoms with E-state index in [0.29, 0.717) is 5.92 Å². The molecule has 1 aromatic rings. The lowest BCUT2D eigenvalue weighted by Gasteiger charge is -2.36. The van der Waals surface area contributed by atoms with Crippen molar-refractivity contribution in [1.29, 1.82) is 0 Å². The zero-order valence-corrected chi connectivity index (χ0v) is 8.49. The summed E-state index contributed by atoms with van der Waals surface area (Å²) < 4.78 is 0. The number of nitrogens with one attached hydrogen (secondary N) is 2. The highest BCUT2D eigenvalue weighted by Gasteiger charge is 2.36. The summed E-state index contributed by atoms with van der Waals surface area (Å²) in [7, 11) is 0. The molecule has 2 aliphatic rings. The van der Waals surface area contributed by atoms with Gasteiger partial charge in [0.25, 0.3) is 0 Å². The second kappa shape index (κ2) is 3.35. The number of anilines is 1. The van der Waals surface area contributed by atoms with E-state index < -0.39 is 0 Å². The third-order valence-electron chi connectivity index (χ3n) is 3.44. The number of fused-ring (bicyclic) bond motifs is 3. The summed E-state index contributed by atoms with van der Waals surface area (Å²) in [5.41, 5.74) is 2.28. The Morgan fingerprint density at radius 1 is 1.20 bits per heavy atom. The van der Waals surface area contributed by atoms with Gasteiger partial charge in [-0.05, 0) is 24.6 Å². The molecule has 2 N–H and O–H groups in total. The summed E-state index contributed by atoms with van der Waals surface area (Å²) in [6, 6.07) is 8.12. The Kier molecular flexibility index (Phi) is 1.99. The molecule has 0 unspecified atom stereocenters. The highest BCUT2D eigenvalue weighted by molar-refractivity contribution is 5.96. The number of piperidine rings is 1. The van der Waals surface area contributed by atoms with Gasteiger partial charge in [0.05, 0.1) is 0 Å². The van der Waals surface area contributed by atoms with Gasteiger partial charge in [0, 0.05) is 24.1 Å². The summed E-state index contributed by atoms with van der Waals surface area (Å²) in [4.78, 5) is 11.9. The summed E-state index contributed by atoms with van der Waals surface area (Å²) >= 11 is 0. The van der Waals surface area contributed by atoms with Crippen LogP contribution in [0.5, 0.6) is 0 Å². The fraction of sp³-hybridized carbons (Fsp3) is 0.417. The minimum absolute atomic E-state index is 0.168. The molecule has 0 aliphatic carbocycles. The highest BCUT2D eigenvalue weighted by atomic mass is 16.2. The third kappa shape index (κ3) is 1.35. The van der Waals surface area contributed by atoms with Crippen LogP contribution in [-0.2, 0) is 4.79 Å². The van der Waals surface area contributed by atoms with Gasteiger partial charge >= 0.3 is 0 Å². The first-order valence-corrected chi connectivity index (χ1v) is 5.47. The Bertz CT molecular complexity index is 402. The smallest absolute Gasteiger partial charge is 0.228 e. The van der Waals surface area contributed by atoms with Gasteiger partial charge in [-0.25, -0.2) is 0 Å². The molecule has 1 fully saturated rings. The van der Waals surface area contributed by atoms with Crippen LogP contribution in [0.3, 0.4) is 0 Å². The van der Waals surface area contributed by atoms with E-state index in [1.54, 1.807) is 0 Å². The second-order valence-corrected chi connectivity index (χ2v) is 4.28. The first-order chi connectivity index (χ1) is 7.36. The number of hydrogen-bond donors (Lipinski definition) is 2. The lowest BCUT2D eigenvalue weighted by Crippen LogP contribution is -2.43. The van der Waals surface area contributed by atoms with Crippen LogP contribution in [0, 0.1) is 5.92 Å². The molecule has 3 heteroatoms. The largest absolute Gasteiger partial charge is 0.326 e. The van der Waals surface area contributed by atoms with Crippen LogP contribution < -0.4 is 10.6 Å². The third-order valence-corrected chi connectivity index (χ3v) is 3.44. The van der Waals surface area contributed by atoms with Crippen molar-refractivity contribution in [1.82, 2.24) is 5.32 Å². The van der Waals surface area contributed by atoms with Gasteiger partial charge < -0.3 is 10.6 Å². The van der Waals surface area contributed by atoms with Crippen LogP contribution in [-0.4, -0.2) is 19.0 Å². The van der Waals surface area contributed by atoms with E-state index in [0.717, 1.165) is 25.2 Å². The van der Waals surface area contributed by atoms with E-state index in [1.165, 1.54) is 5.56 Å². The van der Waals surface area contributed by atoms with E-state index >= 15 is 0 Å². The standard InChI is InChI=1S/C12H14N2O/c15-12-9-5-6-13-7-10(9)8-3-1-2-4-11(8)14-12/h1-4,9-10,13H,5-7H2,(H,14,15)/t9-,10-/m1/s1. The molecular weight excluding hydrogens is 188 g/mol. The molecule has 1 amide bonds. The number of benzene rings is 1. The maximum absolute atomic E-state index is 11.9. The van der Waals surface area contributed by atoms with E-state index in [1.807, 2.05) is 18.2 Å². The van der Waals surface area contributed by atoms with Crippen molar-refractivity contribution in [2.24, 2.45) is 5.92 Å². The summed E-state index contributed by atoms with van der Waals surface area (Å²) in [6.45, 7) is 1.88. The zero-order valence-electron chi connectivity index (χ0n) is 8.49. The second-order valence-electron chi connectivity index (χ2n) is 4.28. The average molecular weight is 202 g/mol. The molecule has 2 heterocycles. The maximum atomic E-state index is 11.9. The quantitative estimate of drug-likeness (QED) is 0.666. The fourth-order valence-corrected chi connectivity index (χ4v) is 2.66. The zero-order chi connectivity index (χ0) is 10.3. The fourth-order valence-electron chi connectivity index (χ4n) is 2.66. The highest BCUT2D eigenvalue weighted by Crippen LogP contribution is 2.38. The molecule has 2 atom stereocenters. The van der Waals surface area contributed by atoms with Crippen LogP contribution in [0.15, 0.2) is 24.3 Å². The Balaban J connectivity index is 2.06. The van der Waals surface area contributed by atoms with Crippen LogP contribution >= 0.6 is 0 Å². The molecule has 2 aliphatic heterocycles. The predicted octanol–water partition coefficient (Wildman–Crippen LogP) is 1.33. The minimum Gasteiger partial charge on any atom is -0.326 e. The van der Waals surface area contributed by atoms with E-state index in [4.69, 9.17) is 0 Å². The Hall–Kier alpha value is -1.35. The summed E-state index contributed by atoms with van der Waals surface area (Å²) in [6.07, 6.45) is 0.949. The van der Waals surface area contributed by atoms with Gasteiger partial charge in [-0.1, -0.05) is 18.2 Å². The molecule has 0 saturated carbocycles. The van der Waals surface area contributed by atoms with Gasteiger partial charge in [-0.2, -0.15) is 0 Å². The van der Waals surface area contributed by atoms with E-state index in [-0.39, 0.29) is 11.8 Å². The topological polar surface area (TPSA) is 41.1 Å². The molecular formula is C12H14N2O. The number of amides is 1. The Labute approximate surface area is 88.9 Å². The van der Waals surface area contributed by atoms with Crippen LogP contribution in [0.1, 0.15) is 17.9 Å². The number of rotatable bonds is 0. The van der Waals surface area contributed by atoms with Gasteiger partial charge in [-0.3, -0.25) is 4.79 Å². The monoisotopic (exact) mass is 202 g/mol. The molecule has 1 aromatic carbocycles. The SMILES string of the molecule is O=C1Nc2ccccc2[C@H]2CNCC[C@@H]12. The molecule has 0 radical (unpaired) electrons. The molecule has 0 aromatic heterocycles. The molecule has 3 nitrogen and oxygen atoms in total. The maximum Gasteiger partial charge on any atom is 0.228 e. The van der Waals surface area contributed by atoms with E-state index in [9.17, 15) is 4.79 Å². The number of carbonyl (C=O) groups is 1. The van der Waals surface area contributed by atoms with Crippen molar-refractivity contribution in [3.63, 3.8) is 0 Å². The first kappa shape index (κ1) is 8.92. The van der Waals surface area contributed by atoms with Crippen molar-refractivity contribution in [3.8, 4) is 0 Å². The molecule has 0 spiro atoms. The first-order valence-electron chi connectivity index (χ1n) is 5.47. The molecule has 1 saturated heterocycles. The van der Waals surface area contributed by atoms with Gasteiger partial charge in [0.1, 0.15) is 0 Å². The molecule has 78 valence electrons. The lowest BCUT2D eigenvalue weighted by molar-refractivity contribution is -0.121. The van der Waals surface area contributed by atoms with Gasteiger partial charge in [-0.15, -0.1) is 0 Å². The van der Waals surface area contributed by atoms with E-state index in [2.05, 4.69) is 16.7 Å². The Morgan fingerprint density at radius 3 is 3.00 bits per heavy atom. The van der Waals surface area contributed by atoms with Crippen molar-refractivity contribution < 1.29 is 4.79 Å². The van der Waals surface area contributed by atoms with Crippen LogP contribution in [0.4, 0.5) is 5.69 Å². The number of hydrogen-bond acceptors (Lipinski definition) is 2. The molecule has 15 heavy (non-hydrogen) atoms. The average Bonchev–Trinajstić information content (AvgIpc) is 2.30. The van der Waals surface area contributed by atoms with Crippen molar-refractivity contribution in [3.05, 3.63) is 29.8 Å². The summed E-state index contributed by atoms with van der Waals surface area (Å²) in [5.74, 6) is 0.727. The number of carbonyl (C=O) groups excluding carboxylic acids is 1. The van der Waals surface area contributed by atoms with Crippen molar-refractivity contribution >= 4 is 11.6 Å². The minimum atomic E-state index is 0.168. The molecule has 0 bridgehead atoms. The van der Waals surface area contributed by atoms with Crippen LogP contribution in [0.2, 0.25) is 0 Å². The predicted molar refractivity (Wildman–Crippen MR) is 58.8 cm³/mol. The van der Waals surface area contributed by atoms with Gasteiger partial charge in [0.2, 0.25) is 5.91 Å². The molecule has 3 rings (SSSR count). The summed E-state index contributed by atoms with van der Waals surface area (Å²) in [5, 5.41) is 6.36. The lowest BCUT2D eigenvalue weighted by atomic mass is 9.78.